The SMILES string of the molecule is CCCNc1nc(-c2cc(Br)c(Br)o2)nc(CC)c1I. The van der Waals surface area contributed by atoms with Gasteiger partial charge in [0.1, 0.15) is 5.82 Å². The van der Waals surface area contributed by atoms with Gasteiger partial charge in [-0.3, -0.25) is 0 Å². The average molecular weight is 515 g/mol. The summed E-state index contributed by atoms with van der Waals surface area (Å²) in [6.45, 7) is 5.11. The lowest BCUT2D eigenvalue weighted by atomic mass is 10.3. The highest BCUT2D eigenvalue weighted by Gasteiger charge is 2.16. The van der Waals surface area contributed by atoms with Crippen LogP contribution in [-0.2, 0) is 6.42 Å². The first kappa shape index (κ1) is 16.2. The number of anilines is 1. The fraction of sp³-hybridized carbons (Fsp3) is 0.385. The van der Waals surface area contributed by atoms with Gasteiger partial charge in [-0.15, -0.1) is 0 Å². The summed E-state index contributed by atoms with van der Waals surface area (Å²) in [6.07, 6.45) is 1.91. The molecule has 0 radical (unpaired) electrons. The van der Waals surface area contributed by atoms with Crippen LogP contribution in [0, 0.1) is 3.57 Å². The molecule has 0 spiro atoms. The van der Waals surface area contributed by atoms with E-state index in [1.165, 1.54) is 0 Å². The molecule has 0 bridgehead atoms. The number of furan rings is 1. The number of nitrogens with zero attached hydrogens (tertiary/aromatic N) is 2. The zero-order valence-electron chi connectivity index (χ0n) is 11.1. The minimum atomic E-state index is 0.604. The van der Waals surface area contributed by atoms with Gasteiger partial charge in [0.15, 0.2) is 16.3 Å². The van der Waals surface area contributed by atoms with Crippen LogP contribution in [0.15, 0.2) is 19.6 Å². The molecule has 0 atom stereocenters. The van der Waals surface area contributed by atoms with Gasteiger partial charge in [-0.1, -0.05) is 13.8 Å². The number of hydrogen-bond donors (Lipinski definition) is 1. The molecule has 0 aliphatic heterocycles. The highest BCUT2D eigenvalue weighted by molar-refractivity contribution is 14.1. The summed E-state index contributed by atoms with van der Waals surface area (Å²) in [7, 11) is 0. The van der Waals surface area contributed by atoms with E-state index in [1.54, 1.807) is 0 Å². The molecule has 0 aliphatic carbocycles. The molecule has 2 rings (SSSR count). The zero-order valence-corrected chi connectivity index (χ0v) is 16.5. The van der Waals surface area contributed by atoms with E-state index < -0.39 is 0 Å². The Hall–Kier alpha value is -0.150. The predicted octanol–water partition coefficient (Wildman–Crippen LogP) is 5.25. The molecule has 2 heterocycles. The van der Waals surface area contributed by atoms with Gasteiger partial charge < -0.3 is 9.73 Å². The molecule has 0 fully saturated rings. The third kappa shape index (κ3) is 3.54. The van der Waals surface area contributed by atoms with Crippen LogP contribution in [0.2, 0.25) is 0 Å². The van der Waals surface area contributed by atoms with Crippen molar-refractivity contribution in [3.63, 3.8) is 0 Å². The van der Waals surface area contributed by atoms with Crippen LogP contribution in [-0.4, -0.2) is 16.5 Å². The standard InChI is InChI=1S/C13H14Br2IN3O/c1-3-5-17-13-10(16)8(4-2)18-12(19-13)9-6-7(14)11(15)20-9/h6H,3-5H2,1-2H3,(H,17,18,19). The second kappa shape index (κ2) is 7.22. The van der Waals surface area contributed by atoms with Crippen LogP contribution >= 0.6 is 54.5 Å². The molecule has 7 heteroatoms. The molecule has 2 aromatic rings. The number of halogens is 3. The smallest absolute Gasteiger partial charge is 0.198 e. The molecule has 20 heavy (non-hydrogen) atoms. The maximum absolute atomic E-state index is 5.61. The topological polar surface area (TPSA) is 51.0 Å². The fourth-order valence-corrected chi connectivity index (χ4v) is 3.05. The quantitative estimate of drug-likeness (QED) is 0.554. The van der Waals surface area contributed by atoms with Crippen LogP contribution in [0.25, 0.3) is 11.6 Å². The van der Waals surface area contributed by atoms with E-state index >= 15 is 0 Å². The minimum Gasteiger partial charge on any atom is -0.445 e. The Kier molecular flexibility index (Phi) is 5.85. The van der Waals surface area contributed by atoms with Gasteiger partial charge in [0, 0.05) is 12.6 Å². The third-order valence-corrected chi connectivity index (χ3v) is 5.51. The molecule has 2 aromatic heterocycles. The van der Waals surface area contributed by atoms with Crippen LogP contribution in [0.3, 0.4) is 0 Å². The molecule has 108 valence electrons. The van der Waals surface area contributed by atoms with Crippen LogP contribution in [0.5, 0.6) is 0 Å². The molecule has 0 amide bonds. The van der Waals surface area contributed by atoms with E-state index in [0.29, 0.717) is 16.3 Å². The molecule has 0 aliphatic rings. The fourth-order valence-electron chi connectivity index (χ4n) is 1.66. The first-order valence-electron chi connectivity index (χ1n) is 6.32. The molecule has 0 saturated heterocycles. The van der Waals surface area contributed by atoms with Crippen LogP contribution in [0.4, 0.5) is 5.82 Å². The van der Waals surface area contributed by atoms with Gasteiger partial charge in [0.05, 0.1) is 13.7 Å². The van der Waals surface area contributed by atoms with Gasteiger partial charge in [0.25, 0.3) is 0 Å². The van der Waals surface area contributed by atoms with Crippen molar-refractivity contribution in [1.82, 2.24) is 9.97 Å². The molecular formula is C13H14Br2IN3O. The summed E-state index contributed by atoms with van der Waals surface area (Å²) in [4.78, 5) is 9.17. The van der Waals surface area contributed by atoms with Gasteiger partial charge in [0.2, 0.25) is 0 Å². The highest BCUT2D eigenvalue weighted by atomic mass is 127. The summed E-state index contributed by atoms with van der Waals surface area (Å²) in [5.41, 5.74) is 1.03. The number of hydrogen-bond acceptors (Lipinski definition) is 4. The summed E-state index contributed by atoms with van der Waals surface area (Å²) in [5.74, 6) is 2.12. The van der Waals surface area contributed by atoms with Crippen molar-refractivity contribution in [2.24, 2.45) is 0 Å². The number of nitrogens with one attached hydrogen (secondary N) is 1. The van der Waals surface area contributed by atoms with E-state index in [-0.39, 0.29) is 0 Å². The second-order valence-corrected chi connectivity index (χ2v) is 6.82. The van der Waals surface area contributed by atoms with E-state index in [4.69, 9.17) is 4.42 Å². The number of rotatable bonds is 5. The lowest BCUT2D eigenvalue weighted by Crippen LogP contribution is -2.08. The third-order valence-electron chi connectivity index (χ3n) is 2.66. The summed E-state index contributed by atoms with van der Waals surface area (Å²) < 4.78 is 8.20. The minimum absolute atomic E-state index is 0.604. The normalized spacial score (nSPS) is 10.8. The lowest BCUT2D eigenvalue weighted by Gasteiger charge is -2.10. The summed E-state index contributed by atoms with van der Waals surface area (Å²) >= 11 is 9.04. The summed E-state index contributed by atoms with van der Waals surface area (Å²) in [5, 5.41) is 3.35. The van der Waals surface area contributed by atoms with Crippen LogP contribution in [0.1, 0.15) is 26.0 Å². The highest BCUT2D eigenvalue weighted by Crippen LogP contribution is 2.32. The molecule has 4 nitrogen and oxygen atoms in total. The first-order valence-corrected chi connectivity index (χ1v) is 8.98. The number of aromatic nitrogens is 2. The van der Waals surface area contributed by atoms with E-state index in [2.05, 4.69) is 83.6 Å². The molecule has 0 aromatic carbocycles. The Balaban J connectivity index is 2.47. The Labute approximate surface area is 148 Å². The van der Waals surface area contributed by atoms with Crippen molar-refractivity contribution in [1.29, 1.82) is 0 Å². The largest absolute Gasteiger partial charge is 0.445 e. The molecule has 1 N–H and O–H groups in total. The van der Waals surface area contributed by atoms with E-state index in [1.807, 2.05) is 6.07 Å². The van der Waals surface area contributed by atoms with Crippen molar-refractivity contribution in [3.8, 4) is 11.6 Å². The lowest BCUT2D eigenvalue weighted by molar-refractivity contribution is 0.549. The molecule has 0 saturated carbocycles. The van der Waals surface area contributed by atoms with Gasteiger partial charge >= 0.3 is 0 Å². The Morgan fingerprint density at radius 3 is 2.60 bits per heavy atom. The number of aryl methyl sites for hydroxylation is 1. The van der Waals surface area contributed by atoms with E-state index in [0.717, 1.165) is 38.9 Å². The van der Waals surface area contributed by atoms with Crippen molar-refractivity contribution < 1.29 is 4.42 Å². The monoisotopic (exact) mass is 513 g/mol. The van der Waals surface area contributed by atoms with Crippen molar-refractivity contribution in [2.45, 2.75) is 26.7 Å². The maximum atomic E-state index is 5.61. The zero-order chi connectivity index (χ0) is 14.7. The molecular weight excluding hydrogens is 501 g/mol. The van der Waals surface area contributed by atoms with E-state index in [9.17, 15) is 0 Å². The van der Waals surface area contributed by atoms with Crippen molar-refractivity contribution in [2.75, 3.05) is 11.9 Å². The van der Waals surface area contributed by atoms with Gasteiger partial charge in [-0.25, -0.2) is 9.97 Å². The van der Waals surface area contributed by atoms with Crippen molar-refractivity contribution in [3.05, 3.63) is 24.5 Å². The van der Waals surface area contributed by atoms with Gasteiger partial charge in [-0.2, -0.15) is 0 Å². The molecule has 0 unspecified atom stereocenters. The van der Waals surface area contributed by atoms with Crippen LogP contribution < -0.4 is 5.32 Å². The Bertz CT molecular complexity index is 596. The predicted molar refractivity (Wildman–Crippen MR) is 96.0 cm³/mol. The Morgan fingerprint density at radius 2 is 2.05 bits per heavy atom. The maximum Gasteiger partial charge on any atom is 0.198 e. The average Bonchev–Trinajstić information content (AvgIpc) is 2.77. The Morgan fingerprint density at radius 1 is 1.30 bits per heavy atom. The van der Waals surface area contributed by atoms with Crippen molar-refractivity contribution >= 4 is 60.3 Å². The second-order valence-electron chi connectivity index (χ2n) is 4.17. The first-order chi connectivity index (χ1) is 9.56. The van der Waals surface area contributed by atoms with Gasteiger partial charge in [-0.05, 0) is 67.3 Å². The summed E-state index contributed by atoms with van der Waals surface area (Å²) in [6, 6.07) is 1.87.